The highest BCUT2D eigenvalue weighted by Crippen LogP contribution is 2.39. The van der Waals surface area contributed by atoms with Gasteiger partial charge in [-0.2, -0.15) is 0 Å². The average Bonchev–Trinajstić information content (AvgIpc) is 2.45. The van der Waals surface area contributed by atoms with Crippen molar-refractivity contribution in [2.45, 2.75) is 6.16 Å². The van der Waals surface area contributed by atoms with E-state index in [1.54, 1.807) is 36.5 Å². The number of hydrogen-bond acceptors (Lipinski definition) is 3. The van der Waals surface area contributed by atoms with Crippen molar-refractivity contribution in [3.63, 3.8) is 0 Å². The second kappa shape index (κ2) is 5.50. The van der Waals surface area contributed by atoms with Crippen LogP contribution in [0.15, 0.2) is 53.5 Å². The Morgan fingerprint density at radius 1 is 1.05 bits per heavy atom. The lowest BCUT2D eigenvalue weighted by molar-refractivity contribution is 0.371. The van der Waals surface area contributed by atoms with Crippen LogP contribution in [0.4, 0.5) is 0 Å². The summed E-state index contributed by atoms with van der Waals surface area (Å²) in [6, 6.07) is 11.9. The predicted octanol–water partition coefficient (Wildman–Crippen LogP) is 2.27. The molecule has 2 heterocycles. The van der Waals surface area contributed by atoms with Crippen LogP contribution < -0.4 is 5.56 Å². The zero-order chi connectivity index (χ0) is 15.7. The molecule has 0 saturated heterocycles. The van der Waals surface area contributed by atoms with Crippen LogP contribution in [-0.2, 0) is 10.7 Å². The van der Waals surface area contributed by atoms with Crippen LogP contribution in [0.25, 0.3) is 22.2 Å². The lowest BCUT2D eigenvalue weighted by Crippen LogP contribution is -2.03. The molecule has 0 unspecified atom stereocenters. The van der Waals surface area contributed by atoms with E-state index in [1.807, 2.05) is 6.07 Å². The van der Waals surface area contributed by atoms with Crippen LogP contribution >= 0.6 is 7.60 Å². The summed E-state index contributed by atoms with van der Waals surface area (Å²) in [6.45, 7) is 0. The van der Waals surface area contributed by atoms with Crippen LogP contribution in [-0.4, -0.2) is 19.8 Å². The van der Waals surface area contributed by atoms with Crippen LogP contribution in [0, 0.1) is 0 Å². The van der Waals surface area contributed by atoms with Crippen LogP contribution in [0.3, 0.4) is 0 Å². The number of aromatic nitrogens is 2. The molecular formula is C15H13N2O4P. The third kappa shape index (κ3) is 3.14. The molecule has 0 radical (unpaired) electrons. The fraction of sp³-hybridized carbons (Fsp3) is 0.0667. The Hall–Kier alpha value is -2.27. The van der Waals surface area contributed by atoms with Gasteiger partial charge in [-0.15, -0.1) is 0 Å². The van der Waals surface area contributed by atoms with Gasteiger partial charge < -0.3 is 14.8 Å². The molecule has 0 atom stereocenters. The first-order chi connectivity index (χ1) is 10.4. The molecule has 7 heteroatoms. The minimum absolute atomic E-state index is 0.214. The largest absolute Gasteiger partial charge is 0.329 e. The van der Waals surface area contributed by atoms with E-state index in [0.29, 0.717) is 11.2 Å². The lowest BCUT2D eigenvalue weighted by Gasteiger charge is -2.08. The van der Waals surface area contributed by atoms with E-state index in [0.717, 1.165) is 16.5 Å². The van der Waals surface area contributed by atoms with Gasteiger partial charge in [0.1, 0.15) is 5.65 Å². The van der Waals surface area contributed by atoms with Crippen molar-refractivity contribution in [1.82, 2.24) is 9.97 Å². The summed E-state index contributed by atoms with van der Waals surface area (Å²) in [6.07, 6.45) is 1.33. The first-order valence-corrected chi connectivity index (χ1v) is 8.34. The molecule has 0 fully saturated rings. The quantitative estimate of drug-likeness (QED) is 0.643. The minimum Gasteiger partial charge on any atom is -0.324 e. The van der Waals surface area contributed by atoms with Crippen LogP contribution in [0.5, 0.6) is 0 Å². The van der Waals surface area contributed by atoms with Crippen LogP contribution in [0.2, 0.25) is 0 Å². The summed E-state index contributed by atoms with van der Waals surface area (Å²) in [5.41, 5.74) is 2.64. The van der Waals surface area contributed by atoms with Crippen molar-refractivity contribution < 1.29 is 14.4 Å². The Balaban J connectivity index is 2.05. The van der Waals surface area contributed by atoms with E-state index in [-0.39, 0.29) is 11.7 Å². The van der Waals surface area contributed by atoms with E-state index >= 15 is 0 Å². The van der Waals surface area contributed by atoms with Crippen molar-refractivity contribution in [3.05, 3.63) is 64.6 Å². The Morgan fingerprint density at radius 2 is 1.77 bits per heavy atom. The Labute approximate surface area is 125 Å². The molecule has 0 spiro atoms. The maximum Gasteiger partial charge on any atom is 0.329 e. The monoisotopic (exact) mass is 316 g/mol. The third-order valence-corrected chi connectivity index (χ3v) is 4.06. The fourth-order valence-electron chi connectivity index (χ4n) is 2.34. The van der Waals surface area contributed by atoms with E-state index in [1.165, 1.54) is 6.07 Å². The SMILES string of the molecule is O=c1ccc2c(-c3ccc(CP(=O)(O)O)cc3)ccnc2[nH]1. The number of rotatable bonds is 3. The maximum absolute atomic E-state index is 11.3. The zero-order valence-electron chi connectivity index (χ0n) is 11.4. The maximum atomic E-state index is 11.3. The van der Waals surface area contributed by atoms with E-state index in [9.17, 15) is 9.36 Å². The number of aromatic amines is 1. The molecule has 0 aliphatic carbocycles. The van der Waals surface area contributed by atoms with E-state index in [2.05, 4.69) is 9.97 Å². The van der Waals surface area contributed by atoms with Gasteiger partial charge in [-0.1, -0.05) is 24.3 Å². The molecule has 0 bridgehead atoms. The molecule has 1 aromatic carbocycles. The summed E-state index contributed by atoms with van der Waals surface area (Å²) in [7, 11) is -4.07. The number of pyridine rings is 2. The summed E-state index contributed by atoms with van der Waals surface area (Å²) >= 11 is 0. The zero-order valence-corrected chi connectivity index (χ0v) is 12.3. The predicted molar refractivity (Wildman–Crippen MR) is 83.5 cm³/mol. The summed E-state index contributed by atoms with van der Waals surface area (Å²) in [5.74, 6) is 0. The molecular weight excluding hydrogens is 303 g/mol. The molecule has 3 N–H and O–H groups in total. The molecule has 0 amide bonds. The fourth-order valence-corrected chi connectivity index (χ4v) is 3.02. The van der Waals surface area contributed by atoms with Crippen LogP contribution in [0.1, 0.15) is 5.56 Å². The Morgan fingerprint density at radius 3 is 2.45 bits per heavy atom. The molecule has 0 aliphatic heterocycles. The second-order valence-corrected chi connectivity index (χ2v) is 6.61. The van der Waals surface area contributed by atoms with Crippen molar-refractivity contribution in [1.29, 1.82) is 0 Å². The number of hydrogen-bond donors (Lipinski definition) is 3. The van der Waals surface area contributed by atoms with Crippen molar-refractivity contribution in [3.8, 4) is 11.1 Å². The van der Waals surface area contributed by atoms with Gasteiger partial charge in [0.25, 0.3) is 0 Å². The smallest absolute Gasteiger partial charge is 0.324 e. The summed E-state index contributed by atoms with van der Waals surface area (Å²) in [4.78, 5) is 36.1. The minimum atomic E-state index is -4.07. The van der Waals surface area contributed by atoms with Crippen molar-refractivity contribution >= 4 is 18.6 Å². The van der Waals surface area contributed by atoms with Gasteiger partial charge in [-0.25, -0.2) is 4.98 Å². The molecule has 3 rings (SSSR count). The summed E-state index contributed by atoms with van der Waals surface area (Å²) < 4.78 is 11.0. The second-order valence-electron chi connectivity index (χ2n) is 4.96. The molecule has 6 nitrogen and oxygen atoms in total. The Bertz CT molecular complexity index is 928. The normalized spacial score (nSPS) is 11.7. The molecule has 2 aromatic heterocycles. The van der Waals surface area contributed by atoms with Gasteiger partial charge in [-0.05, 0) is 28.8 Å². The highest BCUT2D eigenvalue weighted by atomic mass is 31.2. The van der Waals surface area contributed by atoms with Gasteiger partial charge in [0.2, 0.25) is 5.56 Å². The molecule has 22 heavy (non-hydrogen) atoms. The highest BCUT2D eigenvalue weighted by Gasteiger charge is 2.14. The van der Waals surface area contributed by atoms with E-state index in [4.69, 9.17) is 9.79 Å². The van der Waals surface area contributed by atoms with Gasteiger partial charge in [-0.3, -0.25) is 9.36 Å². The van der Waals surface area contributed by atoms with Gasteiger partial charge in [0, 0.05) is 17.6 Å². The molecule has 112 valence electrons. The molecule has 0 saturated carbocycles. The number of fused-ring (bicyclic) bond motifs is 1. The first-order valence-electron chi connectivity index (χ1n) is 6.54. The van der Waals surface area contributed by atoms with Gasteiger partial charge in [0.05, 0.1) is 6.16 Å². The number of H-pyrrole nitrogens is 1. The third-order valence-electron chi connectivity index (χ3n) is 3.29. The number of nitrogens with zero attached hydrogens (tertiary/aromatic N) is 1. The molecule has 0 aliphatic rings. The lowest BCUT2D eigenvalue weighted by atomic mass is 10.0. The van der Waals surface area contributed by atoms with Crippen molar-refractivity contribution in [2.75, 3.05) is 0 Å². The standard InChI is InChI=1S/C15H13N2O4P/c18-14-6-5-13-12(7-8-16-15(13)17-14)11-3-1-10(2-4-11)9-22(19,20)21/h1-8H,9H2,(H,16,17,18)(H2,19,20,21). The topological polar surface area (TPSA) is 103 Å². The van der Waals surface area contributed by atoms with Gasteiger partial charge >= 0.3 is 7.60 Å². The first kappa shape index (κ1) is 14.7. The van der Waals surface area contributed by atoms with Gasteiger partial charge in [0.15, 0.2) is 0 Å². The number of nitrogens with one attached hydrogen (secondary N) is 1. The van der Waals surface area contributed by atoms with Crippen molar-refractivity contribution in [2.24, 2.45) is 0 Å². The average molecular weight is 316 g/mol. The van der Waals surface area contributed by atoms with E-state index < -0.39 is 7.60 Å². The number of benzene rings is 1. The molecule has 3 aromatic rings. The highest BCUT2D eigenvalue weighted by molar-refractivity contribution is 7.50. The Kier molecular flexibility index (Phi) is 3.66. The summed E-state index contributed by atoms with van der Waals surface area (Å²) in [5, 5.41) is 0.810.